The molecule has 0 atom stereocenters. The molecule has 0 spiro atoms. The third kappa shape index (κ3) is 5.72. The fourth-order valence-corrected chi connectivity index (χ4v) is 6.57. The fourth-order valence-electron chi connectivity index (χ4n) is 3.33. The summed E-state index contributed by atoms with van der Waals surface area (Å²) in [6.45, 7) is 1.41. The van der Waals surface area contributed by atoms with Gasteiger partial charge in [0.25, 0.3) is 0 Å². The van der Waals surface area contributed by atoms with Gasteiger partial charge in [-0.15, -0.1) is 0 Å². The Kier molecular flexibility index (Phi) is 7.66. The Morgan fingerprint density at radius 2 is 0.727 bits per heavy atom. The number of hydrogen-bond acceptors (Lipinski definition) is 0. The Bertz CT molecular complexity index is 978. The highest BCUT2D eigenvalue weighted by atomic mass is 79.9. The highest BCUT2D eigenvalue weighted by molar-refractivity contribution is 7.95. The molecule has 3 aromatic rings. The first kappa shape index (κ1) is 27.2. The van der Waals surface area contributed by atoms with E-state index in [1.165, 1.54) is 24.9 Å². The molecule has 0 bridgehead atoms. The van der Waals surface area contributed by atoms with Crippen molar-refractivity contribution in [3.8, 4) is 0 Å². The summed E-state index contributed by atoms with van der Waals surface area (Å²) in [4.78, 5) is 0. The van der Waals surface area contributed by atoms with Crippen molar-refractivity contribution >= 4 is 23.2 Å². The first-order valence-corrected chi connectivity index (χ1v) is 11.3. The van der Waals surface area contributed by atoms with Crippen LogP contribution in [0.4, 0.5) is 39.5 Å². The van der Waals surface area contributed by atoms with E-state index in [4.69, 9.17) is 0 Å². The standard InChI is InChI=1S/C22H15F9P.BrH/c1-32(17-8-2-5-14(11-17)20(23,24)25,18-9-3-6-15(12-18)21(26,27)28)19-10-4-7-16(13-19)22(29,30)31;/h2-13H,1H3;1H/q+1;/p-1. The summed E-state index contributed by atoms with van der Waals surface area (Å²) in [5, 5.41) is 0.0166. The maximum absolute atomic E-state index is 13.3. The van der Waals surface area contributed by atoms with Crippen molar-refractivity contribution in [3.05, 3.63) is 89.5 Å². The van der Waals surface area contributed by atoms with Crippen molar-refractivity contribution in [3.63, 3.8) is 0 Å². The van der Waals surface area contributed by atoms with Gasteiger partial charge in [-0.05, 0) is 54.6 Å². The van der Waals surface area contributed by atoms with Crippen LogP contribution in [0.3, 0.4) is 0 Å². The van der Waals surface area contributed by atoms with Gasteiger partial charge >= 0.3 is 18.5 Å². The van der Waals surface area contributed by atoms with Gasteiger partial charge in [0.15, 0.2) is 0 Å². The SMILES string of the molecule is C[P+](c1cccc(C(F)(F)F)c1)(c1cccc(C(F)(F)F)c1)c1cccc(C(F)(F)F)c1.[Br-]. The second-order valence-corrected chi connectivity index (χ2v) is 10.7. The summed E-state index contributed by atoms with van der Waals surface area (Å²) < 4.78 is 120. The third-order valence-corrected chi connectivity index (χ3v) is 9.00. The summed E-state index contributed by atoms with van der Waals surface area (Å²) in [7, 11) is -3.32. The largest absolute Gasteiger partial charge is 1.00 e. The predicted molar refractivity (Wildman–Crippen MR) is 106 cm³/mol. The first-order chi connectivity index (χ1) is 14.6. The fraction of sp³-hybridized carbons (Fsp3) is 0.182. The molecule has 33 heavy (non-hydrogen) atoms. The molecule has 0 aliphatic carbocycles. The zero-order valence-electron chi connectivity index (χ0n) is 16.7. The average molecular weight is 561 g/mol. The maximum Gasteiger partial charge on any atom is 0.416 e. The Hall–Kier alpha value is -2.06. The summed E-state index contributed by atoms with van der Waals surface area (Å²) in [5.74, 6) is 0. The number of hydrogen-bond donors (Lipinski definition) is 0. The maximum atomic E-state index is 13.3. The van der Waals surface area contributed by atoms with E-state index in [0.29, 0.717) is 0 Å². The number of halogens is 10. The molecule has 0 aromatic heterocycles. The zero-order valence-corrected chi connectivity index (χ0v) is 19.1. The molecule has 0 radical (unpaired) electrons. The van der Waals surface area contributed by atoms with Crippen LogP contribution in [-0.2, 0) is 18.5 Å². The van der Waals surface area contributed by atoms with Crippen LogP contribution in [0.2, 0.25) is 0 Å². The zero-order chi connectivity index (χ0) is 23.9. The third-order valence-electron chi connectivity index (χ3n) is 5.07. The summed E-state index contributed by atoms with van der Waals surface area (Å²) in [6.07, 6.45) is -14.2. The van der Waals surface area contributed by atoms with E-state index in [2.05, 4.69) is 0 Å². The van der Waals surface area contributed by atoms with Gasteiger partial charge < -0.3 is 17.0 Å². The van der Waals surface area contributed by atoms with Gasteiger partial charge in [0.05, 0.1) is 23.4 Å². The van der Waals surface area contributed by atoms with E-state index < -0.39 is 42.5 Å². The normalized spacial score (nSPS) is 12.9. The summed E-state index contributed by atoms with van der Waals surface area (Å²) in [6, 6.07) is 11.9. The minimum absolute atomic E-state index is 0. The van der Waals surface area contributed by atoms with E-state index >= 15 is 0 Å². The van der Waals surface area contributed by atoms with Crippen molar-refractivity contribution in [2.45, 2.75) is 18.5 Å². The molecule has 178 valence electrons. The summed E-state index contributed by atoms with van der Waals surface area (Å²) >= 11 is 0. The molecule has 11 heteroatoms. The van der Waals surface area contributed by atoms with E-state index in [1.807, 2.05) is 0 Å². The number of rotatable bonds is 3. The van der Waals surface area contributed by atoms with Crippen molar-refractivity contribution < 1.29 is 56.5 Å². The Balaban J connectivity index is 0.00000385. The molecule has 0 nitrogen and oxygen atoms in total. The van der Waals surface area contributed by atoms with Crippen molar-refractivity contribution in [1.82, 2.24) is 0 Å². The molecule has 0 aliphatic heterocycles. The lowest BCUT2D eigenvalue weighted by molar-refractivity contribution is -0.138. The molecule has 0 aliphatic rings. The van der Waals surface area contributed by atoms with Crippen molar-refractivity contribution in [1.29, 1.82) is 0 Å². The molecule has 3 aromatic carbocycles. The van der Waals surface area contributed by atoms with Crippen LogP contribution < -0.4 is 32.9 Å². The smallest absolute Gasteiger partial charge is 0.416 e. The Morgan fingerprint density at radius 3 is 0.939 bits per heavy atom. The number of alkyl halides is 9. The van der Waals surface area contributed by atoms with E-state index in [1.54, 1.807) is 0 Å². The van der Waals surface area contributed by atoms with Crippen LogP contribution in [0.1, 0.15) is 16.7 Å². The average Bonchev–Trinajstić information content (AvgIpc) is 2.71. The topological polar surface area (TPSA) is 0 Å². The molecule has 3 rings (SSSR count). The Labute approximate surface area is 194 Å². The molecule has 0 saturated carbocycles. The predicted octanol–water partition coefficient (Wildman–Crippen LogP) is 3.67. The molecule has 0 N–H and O–H groups in total. The lowest BCUT2D eigenvalue weighted by atomic mass is 10.2. The minimum Gasteiger partial charge on any atom is -1.00 e. The van der Waals surface area contributed by atoms with Crippen LogP contribution in [0, 0.1) is 0 Å². The van der Waals surface area contributed by atoms with Crippen LogP contribution >= 0.6 is 7.26 Å². The van der Waals surface area contributed by atoms with Gasteiger partial charge in [0.1, 0.15) is 23.2 Å². The summed E-state index contributed by atoms with van der Waals surface area (Å²) in [5.41, 5.74) is -3.12. The molecular formula is C22H15BrF9P. The van der Waals surface area contributed by atoms with Gasteiger partial charge in [-0.2, -0.15) is 39.5 Å². The monoisotopic (exact) mass is 560 g/mol. The van der Waals surface area contributed by atoms with E-state index in [-0.39, 0.29) is 32.9 Å². The van der Waals surface area contributed by atoms with Crippen LogP contribution in [0.15, 0.2) is 72.8 Å². The second-order valence-electron chi connectivity index (χ2n) is 7.15. The second kappa shape index (κ2) is 9.29. The van der Waals surface area contributed by atoms with Gasteiger partial charge in [0.2, 0.25) is 0 Å². The van der Waals surface area contributed by atoms with Crippen molar-refractivity contribution in [2.24, 2.45) is 0 Å². The molecule has 0 heterocycles. The quantitative estimate of drug-likeness (QED) is 0.339. The van der Waals surface area contributed by atoms with Gasteiger partial charge in [-0.1, -0.05) is 18.2 Å². The Morgan fingerprint density at radius 1 is 0.485 bits per heavy atom. The molecule has 0 unspecified atom stereocenters. The van der Waals surface area contributed by atoms with E-state index in [9.17, 15) is 39.5 Å². The molecule has 0 fully saturated rings. The van der Waals surface area contributed by atoms with Crippen LogP contribution in [0.5, 0.6) is 0 Å². The highest BCUT2D eigenvalue weighted by Gasteiger charge is 2.45. The minimum atomic E-state index is -4.73. The number of benzene rings is 3. The molecular weight excluding hydrogens is 546 g/mol. The van der Waals surface area contributed by atoms with Gasteiger partial charge in [0, 0.05) is 0 Å². The van der Waals surface area contributed by atoms with Crippen LogP contribution in [0.25, 0.3) is 0 Å². The van der Waals surface area contributed by atoms with Gasteiger partial charge in [-0.3, -0.25) is 0 Å². The molecule has 0 saturated heterocycles. The molecule has 0 amide bonds. The van der Waals surface area contributed by atoms with Crippen molar-refractivity contribution in [2.75, 3.05) is 6.66 Å². The first-order valence-electron chi connectivity index (χ1n) is 9.03. The van der Waals surface area contributed by atoms with Crippen LogP contribution in [-0.4, -0.2) is 6.66 Å². The van der Waals surface area contributed by atoms with Gasteiger partial charge in [-0.25, -0.2) is 0 Å². The highest BCUT2D eigenvalue weighted by Crippen LogP contribution is 2.53. The lowest BCUT2D eigenvalue weighted by Gasteiger charge is -2.25. The van der Waals surface area contributed by atoms with E-state index in [0.717, 1.165) is 54.6 Å². The lowest BCUT2D eigenvalue weighted by Crippen LogP contribution is -3.00.